The molecular formula is C29H40N2O7S. The predicted molar refractivity (Wildman–Crippen MR) is 155 cm³/mol. The van der Waals surface area contributed by atoms with E-state index in [1.165, 1.54) is 13.0 Å². The van der Waals surface area contributed by atoms with Crippen molar-refractivity contribution in [3.8, 4) is 22.6 Å². The number of aryl methyl sites for hydroxylation is 2. The van der Waals surface area contributed by atoms with Gasteiger partial charge in [-0.25, -0.2) is 13.1 Å². The summed E-state index contributed by atoms with van der Waals surface area (Å²) < 4.78 is 39.2. The Kier molecular flexibility index (Phi) is 6.92. The summed E-state index contributed by atoms with van der Waals surface area (Å²) in [5, 5.41) is 22.1. The summed E-state index contributed by atoms with van der Waals surface area (Å²) in [6.45, 7) is 4.15. The minimum Gasteiger partial charge on any atom is -0.454 e. The van der Waals surface area contributed by atoms with Gasteiger partial charge in [-0.3, -0.25) is 4.79 Å². The van der Waals surface area contributed by atoms with Gasteiger partial charge in [0.05, 0.1) is 29.1 Å². The number of benzene rings is 3. The average Bonchev–Trinajstić information content (AvgIpc) is 3.59. The molecule has 1 fully saturated rings. The Morgan fingerprint density at radius 3 is 2.36 bits per heavy atom. The van der Waals surface area contributed by atoms with Crippen molar-refractivity contribution in [1.29, 1.82) is 0 Å². The first kappa shape index (κ1) is 27.1. The topological polar surface area (TPSA) is 134 Å². The molecule has 0 radical (unpaired) electrons. The monoisotopic (exact) mass is 560 g/mol. The molecule has 1 aliphatic heterocycles. The van der Waals surface area contributed by atoms with Gasteiger partial charge in [0.25, 0.3) is 0 Å². The number of aliphatic hydroxyl groups is 2. The van der Waals surface area contributed by atoms with Gasteiger partial charge in [0.15, 0.2) is 11.5 Å². The quantitative estimate of drug-likeness (QED) is 0.305. The molecule has 0 bridgehead atoms. The molecule has 4 N–H and O–H groups in total. The van der Waals surface area contributed by atoms with Crippen molar-refractivity contribution in [3.63, 3.8) is 0 Å². The lowest BCUT2D eigenvalue weighted by Gasteiger charge is -2.26. The molecule has 1 amide bonds. The first-order valence-corrected chi connectivity index (χ1v) is 14.2. The number of fused-ring (bicyclic) bond motifs is 1. The lowest BCUT2D eigenvalue weighted by atomic mass is 9.94. The van der Waals surface area contributed by atoms with Gasteiger partial charge in [0.2, 0.25) is 22.7 Å². The van der Waals surface area contributed by atoms with E-state index in [0.29, 0.717) is 22.7 Å². The van der Waals surface area contributed by atoms with Crippen molar-refractivity contribution in [2.45, 2.75) is 49.5 Å². The van der Waals surface area contributed by atoms with Gasteiger partial charge in [-0.1, -0.05) is 24.3 Å². The minimum atomic E-state index is -3.99. The molecule has 1 aliphatic carbocycles. The van der Waals surface area contributed by atoms with Crippen LogP contribution in [0.5, 0.6) is 11.5 Å². The Hall–Kier alpha value is -3.44. The molecule has 0 aromatic heterocycles. The first-order chi connectivity index (χ1) is 18.5. The summed E-state index contributed by atoms with van der Waals surface area (Å²) in [5.74, 6) is 1.24. The molecule has 2 aliphatic rings. The maximum atomic E-state index is 13.4. The number of hydrogen-bond donors (Lipinski definition) is 4. The molecule has 214 valence electrons. The van der Waals surface area contributed by atoms with Gasteiger partial charge in [0, 0.05) is 11.4 Å². The van der Waals surface area contributed by atoms with Crippen molar-refractivity contribution >= 4 is 21.6 Å². The normalized spacial score (nSPS) is 15.7. The van der Waals surface area contributed by atoms with Gasteiger partial charge < -0.3 is 25.0 Å². The van der Waals surface area contributed by atoms with Crippen molar-refractivity contribution in [1.82, 2.24) is 4.72 Å². The van der Waals surface area contributed by atoms with Crippen LogP contribution in [0.4, 0.5) is 5.69 Å². The van der Waals surface area contributed by atoms with Crippen LogP contribution in [0.25, 0.3) is 11.1 Å². The van der Waals surface area contributed by atoms with Crippen molar-refractivity contribution < 1.29 is 38.6 Å². The lowest BCUT2D eigenvalue weighted by Crippen LogP contribution is -2.51. The molecular weight excluding hydrogens is 520 g/mol. The van der Waals surface area contributed by atoms with E-state index >= 15 is 0 Å². The van der Waals surface area contributed by atoms with E-state index in [1.807, 2.05) is 43.3 Å². The number of carbonyl (C=O) groups is 1. The summed E-state index contributed by atoms with van der Waals surface area (Å²) in [6.07, 6.45) is 1.48. The van der Waals surface area contributed by atoms with Crippen molar-refractivity contribution in [2.75, 3.05) is 25.3 Å². The zero-order valence-electron chi connectivity index (χ0n) is 22.1. The second-order valence-electron chi connectivity index (χ2n) is 10.6. The van der Waals surface area contributed by atoms with Gasteiger partial charge in [-0.2, -0.15) is 0 Å². The van der Waals surface area contributed by atoms with Crippen LogP contribution < -0.4 is 19.5 Å². The van der Waals surface area contributed by atoms with Crippen LogP contribution in [0.1, 0.15) is 42.2 Å². The highest BCUT2D eigenvalue weighted by atomic mass is 32.2. The maximum absolute atomic E-state index is 13.4. The highest BCUT2D eigenvalue weighted by Crippen LogP contribution is 2.51. The van der Waals surface area contributed by atoms with E-state index in [1.54, 1.807) is 19.1 Å². The molecule has 0 saturated heterocycles. The number of carbonyl (C=O) groups excluding carboxylic acids is 1. The largest absolute Gasteiger partial charge is 0.454 e. The molecule has 1 heterocycles. The molecule has 0 spiro atoms. The number of anilines is 1. The van der Waals surface area contributed by atoms with Crippen LogP contribution in [0.2, 0.25) is 0 Å². The number of hydrogen-bond acceptors (Lipinski definition) is 7. The number of sulfonamides is 1. The second kappa shape index (κ2) is 9.95. The third-order valence-electron chi connectivity index (χ3n) is 7.46. The van der Waals surface area contributed by atoms with E-state index in [2.05, 4.69) is 10.0 Å². The highest BCUT2D eigenvalue weighted by molar-refractivity contribution is 7.89. The number of rotatable bonds is 9. The average molecular weight is 561 g/mol. The lowest BCUT2D eigenvalue weighted by molar-refractivity contribution is -0.118. The number of nitrogens with one attached hydrogen (secondary N) is 2. The van der Waals surface area contributed by atoms with Crippen LogP contribution in [0.3, 0.4) is 0 Å². The van der Waals surface area contributed by atoms with Crippen LogP contribution in [0, 0.1) is 13.8 Å². The van der Waals surface area contributed by atoms with Gasteiger partial charge >= 0.3 is 0 Å². The van der Waals surface area contributed by atoms with Crippen LogP contribution >= 0.6 is 0 Å². The summed E-state index contributed by atoms with van der Waals surface area (Å²) in [6, 6.07) is 16.3. The number of ether oxygens (including phenoxy) is 2. The van der Waals surface area contributed by atoms with E-state index in [0.717, 1.165) is 35.1 Å². The fraction of sp³-hybridized carbons (Fsp3) is 0.345. The Bertz CT molecular complexity index is 1560. The number of aliphatic hydroxyl groups excluding tert-OH is 2. The molecule has 10 heteroatoms. The highest BCUT2D eigenvalue weighted by Gasteiger charge is 2.51. The van der Waals surface area contributed by atoms with Crippen LogP contribution in [-0.4, -0.2) is 50.1 Å². The molecule has 9 nitrogen and oxygen atoms in total. The third kappa shape index (κ3) is 5.12. The summed E-state index contributed by atoms with van der Waals surface area (Å²) in [7, 11) is -3.99. The first-order valence-electron chi connectivity index (χ1n) is 12.7. The molecule has 39 heavy (non-hydrogen) atoms. The Morgan fingerprint density at radius 2 is 1.69 bits per heavy atom. The van der Waals surface area contributed by atoms with Crippen molar-refractivity contribution in [2.24, 2.45) is 0 Å². The van der Waals surface area contributed by atoms with Crippen LogP contribution in [0.15, 0.2) is 59.5 Å². The standard InChI is InChI=1S/C29H32N2O7S.4H2/c1-18-4-7-22(30-27(34)29(10-11-29)21-6-8-24-25(13-21)38-17-37-24)14-23(18)20-5-9-26(19(2)12-20)39(35,36)31-28(3,15-32)16-33;;;;/h4-9,12-14,31-33H,10-11,15-17H2,1-3H3,(H,30,34);4*1H. The Balaban J connectivity index is 0.00000231. The predicted octanol–water partition coefficient (Wildman–Crippen LogP) is 4.38. The summed E-state index contributed by atoms with van der Waals surface area (Å²) in [5.41, 5.74) is 2.68. The fourth-order valence-corrected chi connectivity index (χ4v) is 6.46. The van der Waals surface area contributed by atoms with E-state index < -0.39 is 34.2 Å². The fourth-order valence-electron chi connectivity index (χ4n) is 4.84. The SMILES string of the molecule is Cc1ccc(NC(=O)C2(c3ccc4c(c3)OCO4)CC2)cc1-c1ccc(S(=O)(=O)NC(C)(CO)CO)c(C)c1.[HH].[HH].[HH].[HH]. The molecule has 1 saturated carbocycles. The molecule has 3 aromatic rings. The van der Waals surface area contributed by atoms with E-state index in [4.69, 9.17) is 9.47 Å². The summed E-state index contributed by atoms with van der Waals surface area (Å²) in [4.78, 5) is 13.5. The Morgan fingerprint density at radius 1 is 0.974 bits per heavy atom. The summed E-state index contributed by atoms with van der Waals surface area (Å²) >= 11 is 0. The zero-order valence-corrected chi connectivity index (χ0v) is 22.9. The Labute approximate surface area is 233 Å². The maximum Gasteiger partial charge on any atom is 0.241 e. The van der Waals surface area contributed by atoms with Gasteiger partial charge in [-0.15, -0.1) is 0 Å². The second-order valence-corrected chi connectivity index (χ2v) is 12.2. The van der Waals surface area contributed by atoms with Gasteiger partial charge in [0.1, 0.15) is 0 Å². The number of amides is 1. The third-order valence-corrected chi connectivity index (χ3v) is 9.26. The minimum absolute atomic E-state index is 0. The van der Waals surface area contributed by atoms with E-state index in [-0.39, 0.29) is 23.3 Å². The molecule has 0 unspecified atom stereocenters. The molecule has 3 aromatic carbocycles. The zero-order chi connectivity index (χ0) is 28.0. The molecule has 0 atom stereocenters. The molecule has 5 rings (SSSR count). The van der Waals surface area contributed by atoms with Crippen LogP contribution in [-0.2, 0) is 20.2 Å². The van der Waals surface area contributed by atoms with Gasteiger partial charge in [-0.05, 0) is 91.8 Å². The van der Waals surface area contributed by atoms with E-state index in [9.17, 15) is 23.4 Å². The smallest absolute Gasteiger partial charge is 0.241 e. The van der Waals surface area contributed by atoms with Crippen molar-refractivity contribution in [3.05, 3.63) is 71.3 Å².